The van der Waals surface area contributed by atoms with Crippen LogP contribution in [-0.4, -0.2) is 38.4 Å². The number of hydrogen-bond donors (Lipinski definition) is 1. The number of fused-ring (bicyclic) bond motifs is 1. The minimum absolute atomic E-state index is 0.0243. The van der Waals surface area contributed by atoms with Crippen molar-refractivity contribution in [2.45, 2.75) is 36.2 Å². The molecular weight excluding hydrogens is 406 g/mol. The second-order valence-electron chi connectivity index (χ2n) is 7.13. The molecule has 1 fully saturated rings. The number of benzene rings is 1. The predicted molar refractivity (Wildman–Crippen MR) is 114 cm³/mol. The van der Waals surface area contributed by atoms with Gasteiger partial charge < -0.3 is 5.32 Å². The van der Waals surface area contributed by atoms with Crippen molar-refractivity contribution < 1.29 is 9.59 Å². The van der Waals surface area contributed by atoms with E-state index in [-0.39, 0.29) is 18.4 Å². The number of hydrogen-bond acceptors (Lipinski definition) is 6. The van der Waals surface area contributed by atoms with Crippen LogP contribution in [0.2, 0.25) is 0 Å². The van der Waals surface area contributed by atoms with Gasteiger partial charge in [0.15, 0.2) is 11.0 Å². The molecule has 5 rings (SSSR count). The van der Waals surface area contributed by atoms with E-state index in [9.17, 15) is 9.59 Å². The molecular formula is C20H19N5O2S2. The Bertz CT molecular complexity index is 1070. The molecule has 1 aromatic carbocycles. The van der Waals surface area contributed by atoms with Gasteiger partial charge in [0.05, 0.1) is 21.5 Å². The van der Waals surface area contributed by atoms with Gasteiger partial charge in [-0.15, -0.1) is 21.5 Å². The van der Waals surface area contributed by atoms with Crippen LogP contribution in [0, 0.1) is 0 Å². The highest BCUT2D eigenvalue weighted by molar-refractivity contribution is 8.00. The smallest absolute Gasteiger partial charge is 0.244 e. The summed E-state index contributed by atoms with van der Waals surface area (Å²) in [5.74, 6) is 0.572. The quantitative estimate of drug-likeness (QED) is 0.629. The molecule has 29 heavy (non-hydrogen) atoms. The lowest BCUT2D eigenvalue weighted by Gasteiger charge is -2.30. The lowest BCUT2D eigenvalue weighted by Crippen LogP contribution is -2.45. The molecule has 3 heterocycles. The van der Waals surface area contributed by atoms with E-state index < -0.39 is 5.25 Å². The molecule has 9 heteroatoms. The SMILES string of the molecule is C[C@H](Sc1nnc(-c2cccs2)n1C1CC1)C(=O)N1CC(=O)Nc2ccccc21. The molecule has 1 saturated carbocycles. The Balaban J connectivity index is 1.41. The molecule has 0 radical (unpaired) electrons. The van der Waals surface area contributed by atoms with E-state index in [0.29, 0.717) is 11.7 Å². The number of aromatic nitrogens is 3. The Morgan fingerprint density at radius 1 is 1.24 bits per heavy atom. The van der Waals surface area contributed by atoms with Crippen molar-refractivity contribution in [2.24, 2.45) is 0 Å². The van der Waals surface area contributed by atoms with Crippen LogP contribution in [0.3, 0.4) is 0 Å². The molecule has 2 aromatic heterocycles. The van der Waals surface area contributed by atoms with Crippen molar-refractivity contribution in [3.63, 3.8) is 0 Å². The van der Waals surface area contributed by atoms with E-state index in [1.54, 1.807) is 16.2 Å². The number of carbonyl (C=O) groups excluding carboxylic acids is 2. The van der Waals surface area contributed by atoms with Gasteiger partial charge in [0.2, 0.25) is 11.8 Å². The normalized spacial score (nSPS) is 17.0. The molecule has 3 aromatic rings. The second kappa shape index (κ2) is 7.31. The van der Waals surface area contributed by atoms with Crippen molar-refractivity contribution in [3.8, 4) is 10.7 Å². The van der Waals surface area contributed by atoms with Crippen LogP contribution in [0.15, 0.2) is 46.9 Å². The Hall–Kier alpha value is -2.65. The third-order valence-corrected chi connectivity index (χ3v) is 6.89. The van der Waals surface area contributed by atoms with Gasteiger partial charge in [-0.2, -0.15) is 0 Å². The third kappa shape index (κ3) is 3.44. The summed E-state index contributed by atoms with van der Waals surface area (Å²) in [5, 5.41) is 14.0. The van der Waals surface area contributed by atoms with Crippen LogP contribution in [-0.2, 0) is 9.59 Å². The van der Waals surface area contributed by atoms with Gasteiger partial charge in [-0.1, -0.05) is 30.0 Å². The van der Waals surface area contributed by atoms with Crippen LogP contribution < -0.4 is 10.2 Å². The van der Waals surface area contributed by atoms with Crippen LogP contribution in [0.25, 0.3) is 10.7 Å². The zero-order chi connectivity index (χ0) is 20.0. The summed E-state index contributed by atoms with van der Waals surface area (Å²) in [6, 6.07) is 11.8. The van der Waals surface area contributed by atoms with Gasteiger partial charge in [-0.05, 0) is 43.3 Å². The summed E-state index contributed by atoms with van der Waals surface area (Å²) < 4.78 is 2.16. The molecule has 0 saturated heterocycles. The molecule has 148 valence electrons. The Morgan fingerprint density at radius 2 is 2.07 bits per heavy atom. The summed E-state index contributed by atoms with van der Waals surface area (Å²) in [6.45, 7) is 1.88. The molecule has 0 unspecified atom stereocenters. The minimum atomic E-state index is -0.396. The molecule has 1 N–H and O–H groups in total. The molecule has 7 nitrogen and oxygen atoms in total. The van der Waals surface area contributed by atoms with Crippen LogP contribution in [0.4, 0.5) is 11.4 Å². The molecule has 0 spiro atoms. The highest BCUT2D eigenvalue weighted by Gasteiger charge is 2.34. The van der Waals surface area contributed by atoms with Gasteiger partial charge in [0.25, 0.3) is 0 Å². The Morgan fingerprint density at radius 3 is 2.83 bits per heavy atom. The molecule has 1 aliphatic carbocycles. The zero-order valence-corrected chi connectivity index (χ0v) is 17.4. The van der Waals surface area contributed by atoms with E-state index in [2.05, 4.69) is 20.1 Å². The number of carbonyl (C=O) groups is 2. The zero-order valence-electron chi connectivity index (χ0n) is 15.7. The van der Waals surface area contributed by atoms with E-state index in [0.717, 1.165) is 34.4 Å². The lowest BCUT2D eigenvalue weighted by molar-refractivity contribution is -0.121. The number of thiophene rings is 1. The van der Waals surface area contributed by atoms with Crippen LogP contribution >= 0.6 is 23.1 Å². The number of anilines is 2. The van der Waals surface area contributed by atoms with E-state index in [1.807, 2.05) is 48.7 Å². The van der Waals surface area contributed by atoms with Gasteiger partial charge in [0.1, 0.15) is 6.54 Å². The summed E-state index contributed by atoms with van der Waals surface area (Å²) >= 11 is 3.04. The summed E-state index contributed by atoms with van der Waals surface area (Å²) in [5.41, 5.74) is 1.39. The maximum atomic E-state index is 13.2. The highest BCUT2D eigenvalue weighted by Crippen LogP contribution is 2.42. The average Bonchev–Trinajstić information content (AvgIpc) is 3.24. The number of thioether (sulfide) groups is 1. The number of para-hydroxylation sites is 2. The number of amides is 2. The number of rotatable bonds is 5. The Kier molecular flexibility index (Phi) is 4.63. The van der Waals surface area contributed by atoms with Crippen LogP contribution in [0.1, 0.15) is 25.8 Å². The summed E-state index contributed by atoms with van der Waals surface area (Å²) in [4.78, 5) is 27.9. The van der Waals surface area contributed by atoms with E-state index >= 15 is 0 Å². The van der Waals surface area contributed by atoms with Crippen molar-refractivity contribution in [1.82, 2.24) is 14.8 Å². The monoisotopic (exact) mass is 425 g/mol. The van der Waals surface area contributed by atoms with Crippen molar-refractivity contribution >= 4 is 46.3 Å². The molecule has 2 amide bonds. The molecule has 2 aliphatic rings. The summed E-state index contributed by atoms with van der Waals surface area (Å²) in [7, 11) is 0. The maximum absolute atomic E-state index is 13.2. The first kappa shape index (κ1) is 18.4. The molecule has 1 aliphatic heterocycles. The molecule has 1 atom stereocenters. The average molecular weight is 426 g/mol. The minimum Gasteiger partial charge on any atom is -0.323 e. The van der Waals surface area contributed by atoms with E-state index in [4.69, 9.17) is 0 Å². The first-order chi connectivity index (χ1) is 14.1. The van der Waals surface area contributed by atoms with Crippen molar-refractivity contribution in [2.75, 3.05) is 16.8 Å². The highest BCUT2D eigenvalue weighted by atomic mass is 32.2. The van der Waals surface area contributed by atoms with Gasteiger partial charge in [-0.3, -0.25) is 19.1 Å². The van der Waals surface area contributed by atoms with Crippen molar-refractivity contribution in [1.29, 1.82) is 0 Å². The topological polar surface area (TPSA) is 80.1 Å². The third-order valence-electron chi connectivity index (χ3n) is 4.98. The lowest BCUT2D eigenvalue weighted by atomic mass is 10.2. The number of nitrogens with zero attached hydrogens (tertiary/aromatic N) is 4. The molecule has 0 bridgehead atoms. The van der Waals surface area contributed by atoms with Crippen LogP contribution in [0.5, 0.6) is 0 Å². The van der Waals surface area contributed by atoms with Gasteiger partial charge >= 0.3 is 0 Å². The number of nitrogens with one attached hydrogen (secondary N) is 1. The fourth-order valence-electron chi connectivity index (χ4n) is 3.45. The second-order valence-corrected chi connectivity index (χ2v) is 9.39. The Labute approximate surface area is 176 Å². The van der Waals surface area contributed by atoms with Gasteiger partial charge in [0, 0.05) is 6.04 Å². The predicted octanol–water partition coefficient (Wildman–Crippen LogP) is 3.81. The van der Waals surface area contributed by atoms with Gasteiger partial charge in [-0.25, -0.2) is 0 Å². The van der Waals surface area contributed by atoms with E-state index in [1.165, 1.54) is 11.8 Å². The first-order valence-electron chi connectivity index (χ1n) is 9.47. The van der Waals surface area contributed by atoms with Crippen molar-refractivity contribution in [3.05, 3.63) is 41.8 Å². The fraction of sp³-hybridized carbons (Fsp3) is 0.300. The fourth-order valence-corrected chi connectivity index (χ4v) is 5.14. The standard InChI is InChI=1S/C20H19N5O2S2/c1-12(19(27)24-11-17(26)21-14-5-2-3-6-15(14)24)29-20-23-22-18(16-7-4-10-28-16)25(20)13-8-9-13/h2-7,10,12-13H,8-9,11H2,1H3,(H,21,26)/t12-/m0/s1. The largest absolute Gasteiger partial charge is 0.323 e. The maximum Gasteiger partial charge on any atom is 0.244 e. The summed E-state index contributed by atoms with van der Waals surface area (Å²) in [6.07, 6.45) is 2.21. The first-order valence-corrected chi connectivity index (χ1v) is 11.2.